The van der Waals surface area contributed by atoms with Gasteiger partial charge in [-0.3, -0.25) is 9.69 Å². The molecule has 31 heavy (non-hydrogen) atoms. The Balaban J connectivity index is 1.27. The van der Waals surface area contributed by atoms with Crippen molar-refractivity contribution in [2.24, 2.45) is 0 Å². The molecule has 2 aromatic carbocycles. The third-order valence-electron chi connectivity index (χ3n) is 6.10. The zero-order chi connectivity index (χ0) is 21.7. The monoisotopic (exact) mass is 441 g/mol. The zero-order valence-corrected chi connectivity index (χ0v) is 18.7. The Kier molecular flexibility index (Phi) is 7.05. The predicted molar refractivity (Wildman–Crippen MR) is 122 cm³/mol. The van der Waals surface area contributed by atoms with E-state index in [9.17, 15) is 13.2 Å². The van der Waals surface area contributed by atoms with E-state index in [1.54, 1.807) is 28.6 Å². The molecule has 2 saturated heterocycles. The van der Waals surface area contributed by atoms with Gasteiger partial charge in [0, 0.05) is 31.7 Å². The second-order valence-electron chi connectivity index (χ2n) is 8.54. The second kappa shape index (κ2) is 9.94. The van der Waals surface area contributed by atoms with E-state index in [1.165, 1.54) is 31.5 Å². The topological polar surface area (TPSA) is 69.7 Å². The average molecular weight is 442 g/mol. The summed E-state index contributed by atoms with van der Waals surface area (Å²) < 4.78 is 26.4. The minimum absolute atomic E-state index is 0.0152. The first kappa shape index (κ1) is 22.0. The number of carbonyl (C=O) groups is 1. The van der Waals surface area contributed by atoms with Crippen LogP contribution in [0.1, 0.15) is 52.7 Å². The second-order valence-corrected chi connectivity index (χ2v) is 10.5. The minimum atomic E-state index is -3.27. The maximum absolute atomic E-state index is 12.5. The molecule has 4 rings (SSSR count). The van der Waals surface area contributed by atoms with Crippen LogP contribution in [0.3, 0.4) is 0 Å². The van der Waals surface area contributed by atoms with Crippen molar-refractivity contribution in [3.8, 4) is 0 Å². The van der Waals surface area contributed by atoms with Crippen LogP contribution in [0, 0.1) is 0 Å². The van der Waals surface area contributed by atoms with Gasteiger partial charge in [0.05, 0.1) is 5.75 Å². The van der Waals surface area contributed by atoms with Crippen LogP contribution in [0.15, 0.2) is 48.5 Å². The van der Waals surface area contributed by atoms with Crippen molar-refractivity contribution in [1.29, 1.82) is 0 Å². The molecule has 0 aliphatic carbocycles. The summed E-state index contributed by atoms with van der Waals surface area (Å²) in [5.74, 6) is -0.173. The van der Waals surface area contributed by atoms with Crippen molar-refractivity contribution in [3.63, 3.8) is 0 Å². The Bertz CT molecular complexity index is 976. The molecule has 166 valence electrons. The van der Waals surface area contributed by atoms with Crippen LogP contribution in [-0.2, 0) is 28.9 Å². The lowest BCUT2D eigenvalue weighted by Gasteiger charge is -2.15. The highest BCUT2D eigenvalue weighted by atomic mass is 32.2. The Hall–Kier alpha value is -2.22. The quantitative estimate of drug-likeness (QED) is 0.683. The summed E-state index contributed by atoms with van der Waals surface area (Å²) in [6.45, 7) is 5.05. The number of rotatable bonds is 8. The number of sulfonamides is 1. The van der Waals surface area contributed by atoms with E-state index < -0.39 is 10.0 Å². The number of benzene rings is 2. The van der Waals surface area contributed by atoms with Gasteiger partial charge in [-0.2, -0.15) is 0 Å². The lowest BCUT2D eigenvalue weighted by molar-refractivity contribution is 0.0951. The first-order valence-electron chi connectivity index (χ1n) is 11.1. The van der Waals surface area contributed by atoms with E-state index in [-0.39, 0.29) is 11.7 Å². The molecule has 7 heteroatoms. The molecular weight excluding hydrogens is 410 g/mol. The number of likely N-dealkylation sites (tertiary alicyclic amines) is 1. The van der Waals surface area contributed by atoms with Crippen molar-refractivity contribution in [2.75, 3.05) is 26.2 Å². The van der Waals surface area contributed by atoms with Crippen LogP contribution in [0.25, 0.3) is 0 Å². The molecule has 6 nitrogen and oxygen atoms in total. The molecule has 1 N–H and O–H groups in total. The molecule has 2 heterocycles. The van der Waals surface area contributed by atoms with Gasteiger partial charge in [-0.1, -0.05) is 36.4 Å². The van der Waals surface area contributed by atoms with Gasteiger partial charge in [-0.15, -0.1) is 0 Å². The minimum Gasteiger partial charge on any atom is -0.348 e. The highest BCUT2D eigenvalue weighted by Gasteiger charge is 2.25. The summed E-state index contributed by atoms with van der Waals surface area (Å²) in [5, 5.41) is 2.94. The Morgan fingerprint density at radius 2 is 1.32 bits per heavy atom. The maximum Gasteiger partial charge on any atom is 0.251 e. The van der Waals surface area contributed by atoms with Crippen LogP contribution in [0.5, 0.6) is 0 Å². The highest BCUT2D eigenvalue weighted by Crippen LogP contribution is 2.18. The first-order chi connectivity index (χ1) is 15.0. The molecule has 2 aromatic rings. The van der Waals surface area contributed by atoms with Crippen molar-refractivity contribution in [2.45, 2.75) is 44.5 Å². The molecule has 0 spiro atoms. The fourth-order valence-corrected chi connectivity index (χ4v) is 5.88. The number of amides is 1. The molecule has 0 radical (unpaired) electrons. The molecule has 2 fully saturated rings. The van der Waals surface area contributed by atoms with Crippen molar-refractivity contribution in [1.82, 2.24) is 14.5 Å². The number of nitrogens with zero attached hydrogens (tertiary/aromatic N) is 2. The summed E-state index contributed by atoms with van der Waals surface area (Å²) in [7, 11) is -3.27. The standard InChI is InChI=1S/C24H31N3O3S/c28-24(25-17-20-5-7-21(8-6-20)18-26-13-1-2-14-26)23-11-9-22(10-12-23)19-31(29,30)27-15-3-4-16-27/h5-12H,1-4,13-19H2,(H,25,28). The van der Waals surface area contributed by atoms with E-state index in [4.69, 9.17) is 0 Å². The smallest absolute Gasteiger partial charge is 0.251 e. The molecule has 0 saturated carbocycles. The van der Waals surface area contributed by atoms with Crippen LogP contribution in [0.2, 0.25) is 0 Å². The Labute approximate surface area is 185 Å². The number of hydrogen-bond acceptors (Lipinski definition) is 4. The number of nitrogens with one attached hydrogen (secondary N) is 1. The van der Waals surface area contributed by atoms with Gasteiger partial charge in [0.1, 0.15) is 0 Å². The van der Waals surface area contributed by atoms with Gasteiger partial charge < -0.3 is 5.32 Å². The number of carbonyl (C=O) groups excluding carboxylic acids is 1. The van der Waals surface area contributed by atoms with Crippen molar-refractivity contribution < 1.29 is 13.2 Å². The fourth-order valence-electron chi connectivity index (χ4n) is 4.27. The summed E-state index contributed by atoms with van der Waals surface area (Å²) in [6.07, 6.45) is 4.44. The van der Waals surface area contributed by atoms with E-state index in [2.05, 4.69) is 34.5 Å². The van der Waals surface area contributed by atoms with Gasteiger partial charge in [-0.25, -0.2) is 12.7 Å². The van der Waals surface area contributed by atoms with E-state index >= 15 is 0 Å². The lowest BCUT2D eigenvalue weighted by Crippen LogP contribution is -2.29. The first-order valence-corrected chi connectivity index (χ1v) is 12.8. The maximum atomic E-state index is 12.5. The Morgan fingerprint density at radius 3 is 1.97 bits per heavy atom. The van der Waals surface area contributed by atoms with Gasteiger partial charge in [-0.05, 0) is 67.6 Å². The fraction of sp³-hybridized carbons (Fsp3) is 0.458. The largest absolute Gasteiger partial charge is 0.348 e. The zero-order valence-electron chi connectivity index (χ0n) is 17.9. The molecule has 2 aliphatic heterocycles. The lowest BCUT2D eigenvalue weighted by atomic mass is 10.1. The van der Waals surface area contributed by atoms with E-state index in [0.717, 1.165) is 24.9 Å². The van der Waals surface area contributed by atoms with Gasteiger partial charge in [0.25, 0.3) is 5.91 Å². The summed E-state index contributed by atoms with van der Waals surface area (Å²) in [6, 6.07) is 15.3. The third-order valence-corrected chi connectivity index (χ3v) is 7.95. The normalized spacial score (nSPS) is 17.8. The third kappa shape index (κ3) is 5.93. The predicted octanol–water partition coefficient (Wildman–Crippen LogP) is 3.14. The van der Waals surface area contributed by atoms with Crippen LogP contribution < -0.4 is 5.32 Å². The van der Waals surface area contributed by atoms with Crippen LogP contribution >= 0.6 is 0 Å². The van der Waals surface area contributed by atoms with E-state index in [1.807, 2.05) is 0 Å². The van der Waals surface area contributed by atoms with Crippen LogP contribution in [0.4, 0.5) is 0 Å². The molecule has 0 unspecified atom stereocenters. The van der Waals surface area contributed by atoms with E-state index in [0.29, 0.717) is 30.8 Å². The highest BCUT2D eigenvalue weighted by molar-refractivity contribution is 7.88. The summed E-state index contributed by atoms with van der Waals surface area (Å²) in [5.41, 5.74) is 3.60. The molecule has 0 aromatic heterocycles. The Morgan fingerprint density at radius 1 is 0.774 bits per heavy atom. The SMILES string of the molecule is O=C(NCc1ccc(CN2CCCC2)cc1)c1ccc(CS(=O)(=O)N2CCCC2)cc1. The van der Waals surface area contributed by atoms with Crippen molar-refractivity contribution in [3.05, 3.63) is 70.8 Å². The molecule has 0 bridgehead atoms. The van der Waals surface area contributed by atoms with Gasteiger partial charge in [0.15, 0.2) is 0 Å². The van der Waals surface area contributed by atoms with Gasteiger partial charge in [0.2, 0.25) is 10.0 Å². The van der Waals surface area contributed by atoms with Crippen LogP contribution in [-0.4, -0.2) is 49.7 Å². The number of hydrogen-bond donors (Lipinski definition) is 1. The summed E-state index contributed by atoms with van der Waals surface area (Å²) >= 11 is 0. The molecular formula is C24H31N3O3S. The molecule has 2 aliphatic rings. The van der Waals surface area contributed by atoms with Gasteiger partial charge >= 0.3 is 0 Å². The molecule has 1 amide bonds. The summed E-state index contributed by atoms with van der Waals surface area (Å²) in [4.78, 5) is 14.9. The average Bonchev–Trinajstić information content (AvgIpc) is 3.48. The van der Waals surface area contributed by atoms with Crippen molar-refractivity contribution >= 4 is 15.9 Å². The molecule has 0 atom stereocenters.